The SMILES string of the molecule is COc1cccc(C2(O)COC2)c1. The van der Waals surface area contributed by atoms with Gasteiger partial charge >= 0.3 is 0 Å². The Morgan fingerprint density at radius 1 is 1.46 bits per heavy atom. The minimum atomic E-state index is -0.797. The number of ether oxygens (including phenoxy) is 2. The molecule has 3 heteroatoms. The zero-order chi connectivity index (χ0) is 9.31. The van der Waals surface area contributed by atoms with Crippen LogP contribution >= 0.6 is 0 Å². The number of hydrogen-bond donors (Lipinski definition) is 1. The van der Waals surface area contributed by atoms with Crippen LogP contribution in [0.15, 0.2) is 24.3 Å². The van der Waals surface area contributed by atoms with Crippen molar-refractivity contribution in [2.45, 2.75) is 5.60 Å². The molecular weight excluding hydrogens is 168 g/mol. The van der Waals surface area contributed by atoms with Crippen molar-refractivity contribution in [3.8, 4) is 5.75 Å². The van der Waals surface area contributed by atoms with E-state index in [-0.39, 0.29) is 0 Å². The number of rotatable bonds is 2. The monoisotopic (exact) mass is 180 g/mol. The van der Waals surface area contributed by atoms with Crippen LogP contribution < -0.4 is 4.74 Å². The normalized spacial score (nSPS) is 19.2. The van der Waals surface area contributed by atoms with Crippen LogP contribution in [0.25, 0.3) is 0 Å². The maximum atomic E-state index is 9.92. The average molecular weight is 180 g/mol. The molecule has 3 nitrogen and oxygen atoms in total. The molecule has 2 rings (SSSR count). The van der Waals surface area contributed by atoms with E-state index in [1.807, 2.05) is 24.3 Å². The molecule has 1 N–H and O–H groups in total. The first-order valence-electron chi connectivity index (χ1n) is 4.19. The summed E-state index contributed by atoms with van der Waals surface area (Å²) in [6.45, 7) is 0.750. The average Bonchev–Trinajstić information content (AvgIpc) is 2.14. The number of hydrogen-bond acceptors (Lipinski definition) is 3. The van der Waals surface area contributed by atoms with Crippen molar-refractivity contribution in [1.82, 2.24) is 0 Å². The minimum absolute atomic E-state index is 0.375. The predicted octanol–water partition coefficient (Wildman–Crippen LogP) is 0.913. The highest BCUT2D eigenvalue weighted by Gasteiger charge is 2.37. The van der Waals surface area contributed by atoms with Crippen LogP contribution in [0.3, 0.4) is 0 Å². The van der Waals surface area contributed by atoms with E-state index >= 15 is 0 Å². The third kappa shape index (κ3) is 1.41. The van der Waals surface area contributed by atoms with E-state index in [0.29, 0.717) is 13.2 Å². The first-order valence-corrected chi connectivity index (χ1v) is 4.19. The maximum absolute atomic E-state index is 9.92. The van der Waals surface area contributed by atoms with Crippen LogP contribution in [0.2, 0.25) is 0 Å². The molecule has 1 saturated heterocycles. The Labute approximate surface area is 76.9 Å². The molecule has 1 aromatic rings. The molecule has 0 radical (unpaired) electrons. The van der Waals surface area contributed by atoms with Crippen molar-refractivity contribution in [2.75, 3.05) is 20.3 Å². The van der Waals surface area contributed by atoms with Gasteiger partial charge in [-0.3, -0.25) is 0 Å². The van der Waals surface area contributed by atoms with E-state index in [1.165, 1.54) is 0 Å². The zero-order valence-corrected chi connectivity index (χ0v) is 7.49. The predicted molar refractivity (Wildman–Crippen MR) is 47.7 cm³/mol. The number of methoxy groups -OCH3 is 1. The lowest BCUT2D eigenvalue weighted by Gasteiger charge is -2.36. The molecule has 1 aromatic carbocycles. The van der Waals surface area contributed by atoms with E-state index in [9.17, 15) is 5.11 Å². The lowest BCUT2D eigenvalue weighted by atomic mass is 9.92. The van der Waals surface area contributed by atoms with Crippen molar-refractivity contribution in [1.29, 1.82) is 0 Å². The Hall–Kier alpha value is -1.06. The van der Waals surface area contributed by atoms with Gasteiger partial charge in [0.15, 0.2) is 0 Å². The topological polar surface area (TPSA) is 38.7 Å². The Bertz CT molecular complexity index is 305. The first kappa shape index (κ1) is 8.53. The van der Waals surface area contributed by atoms with E-state index in [1.54, 1.807) is 7.11 Å². The standard InChI is InChI=1S/C10H12O3/c1-12-9-4-2-3-8(5-9)10(11)6-13-7-10/h2-5,11H,6-7H2,1H3. The highest BCUT2D eigenvalue weighted by atomic mass is 16.5. The fourth-order valence-electron chi connectivity index (χ4n) is 1.37. The fourth-order valence-corrected chi connectivity index (χ4v) is 1.37. The van der Waals surface area contributed by atoms with Crippen molar-refractivity contribution in [2.24, 2.45) is 0 Å². The molecular formula is C10H12O3. The van der Waals surface area contributed by atoms with Gasteiger partial charge in [0.05, 0.1) is 20.3 Å². The van der Waals surface area contributed by atoms with Crippen molar-refractivity contribution in [3.63, 3.8) is 0 Å². The van der Waals surface area contributed by atoms with Gasteiger partial charge in [-0.25, -0.2) is 0 Å². The molecule has 70 valence electrons. The van der Waals surface area contributed by atoms with Crippen LogP contribution in [0.4, 0.5) is 0 Å². The molecule has 0 amide bonds. The van der Waals surface area contributed by atoms with Gasteiger partial charge < -0.3 is 14.6 Å². The van der Waals surface area contributed by atoms with Gasteiger partial charge in [-0.2, -0.15) is 0 Å². The molecule has 1 heterocycles. The summed E-state index contributed by atoms with van der Waals surface area (Å²) in [7, 11) is 1.61. The maximum Gasteiger partial charge on any atom is 0.136 e. The Kier molecular flexibility index (Phi) is 1.98. The molecule has 0 unspecified atom stereocenters. The fraction of sp³-hybridized carbons (Fsp3) is 0.400. The van der Waals surface area contributed by atoms with Gasteiger partial charge in [-0.15, -0.1) is 0 Å². The quantitative estimate of drug-likeness (QED) is 0.735. The summed E-state index contributed by atoms with van der Waals surface area (Å²) in [5.74, 6) is 0.762. The van der Waals surface area contributed by atoms with Crippen LogP contribution in [0.1, 0.15) is 5.56 Å². The van der Waals surface area contributed by atoms with Crippen LogP contribution in [-0.4, -0.2) is 25.4 Å². The van der Waals surface area contributed by atoms with E-state index in [4.69, 9.17) is 9.47 Å². The molecule has 0 saturated carbocycles. The van der Waals surface area contributed by atoms with Gasteiger partial charge in [-0.05, 0) is 17.7 Å². The van der Waals surface area contributed by atoms with Gasteiger partial charge in [0.1, 0.15) is 11.4 Å². The van der Waals surface area contributed by atoms with Crippen LogP contribution in [0.5, 0.6) is 5.75 Å². The molecule has 1 aliphatic rings. The summed E-state index contributed by atoms with van der Waals surface area (Å²) in [5.41, 5.74) is 0.0623. The molecule has 0 aliphatic carbocycles. The Morgan fingerprint density at radius 3 is 2.77 bits per heavy atom. The van der Waals surface area contributed by atoms with Gasteiger partial charge in [0.2, 0.25) is 0 Å². The van der Waals surface area contributed by atoms with Gasteiger partial charge in [0.25, 0.3) is 0 Å². The third-order valence-electron chi connectivity index (χ3n) is 2.29. The highest BCUT2D eigenvalue weighted by molar-refractivity contribution is 5.33. The number of aliphatic hydroxyl groups is 1. The second kappa shape index (κ2) is 3.01. The molecule has 0 atom stereocenters. The smallest absolute Gasteiger partial charge is 0.136 e. The zero-order valence-electron chi connectivity index (χ0n) is 7.49. The summed E-state index contributed by atoms with van der Waals surface area (Å²) >= 11 is 0. The van der Waals surface area contributed by atoms with E-state index < -0.39 is 5.60 Å². The summed E-state index contributed by atoms with van der Waals surface area (Å²) in [5, 5.41) is 9.92. The first-order chi connectivity index (χ1) is 6.24. The molecule has 1 fully saturated rings. The van der Waals surface area contributed by atoms with Crippen molar-refractivity contribution < 1.29 is 14.6 Å². The Balaban J connectivity index is 2.29. The molecule has 0 bridgehead atoms. The summed E-state index contributed by atoms with van der Waals surface area (Å²) in [6.07, 6.45) is 0. The summed E-state index contributed by atoms with van der Waals surface area (Å²) < 4.78 is 10.0. The third-order valence-corrected chi connectivity index (χ3v) is 2.29. The summed E-state index contributed by atoms with van der Waals surface area (Å²) in [6, 6.07) is 7.43. The molecule has 0 spiro atoms. The molecule has 13 heavy (non-hydrogen) atoms. The van der Waals surface area contributed by atoms with E-state index in [0.717, 1.165) is 11.3 Å². The van der Waals surface area contributed by atoms with Crippen LogP contribution in [0, 0.1) is 0 Å². The second-order valence-electron chi connectivity index (χ2n) is 3.26. The van der Waals surface area contributed by atoms with Gasteiger partial charge in [0, 0.05) is 0 Å². The molecule has 0 aromatic heterocycles. The highest BCUT2D eigenvalue weighted by Crippen LogP contribution is 2.30. The lowest BCUT2D eigenvalue weighted by Crippen LogP contribution is -2.46. The Morgan fingerprint density at radius 2 is 2.23 bits per heavy atom. The largest absolute Gasteiger partial charge is 0.497 e. The number of benzene rings is 1. The molecule has 1 aliphatic heterocycles. The second-order valence-corrected chi connectivity index (χ2v) is 3.26. The lowest BCUT2D eigenvalue weighted by molar-refractivity contribution is -0.184. The van der Waals surface area contributed by atoms with Crippen molar-refractivity contribution in [3.05, 3.63) is 29.8 Å². The van der Waals surface area contributed by atoms with Gasteiger partial charge in [-0.1, -0.05) is 12.1 Å². The minimum Gasteiger partial charge on any atom is -0.497 e. The van der Waals surface area contributed by atoms with Crippen molar-refractivity contribution >= 4 is 0 Å². The van der Waals surface area contributed by atoms with E-state index in [2.05, 4.69) is 0 Å². The van der Waals surface area contributed by atoms with Crippen LogP contribution in [-0.2, 0) is 10.3 Å². The summed E-state index contributed by atoms with van der Waals surface area (Å²) in [4.78, 5) is 0.